The molecular weight excluding hydrogens is 272 g/mol. The van der Waals surface area contributed by atoms with Crippen LogP contribution in [0.3, 0.4) is 0 Å². The number of aryl methyl sites for hydroxylation is 1. The molecule has 1 aliphatic rings. The number of carboxylic acid groups (broad SMARTS) is 1. The highest BCUT2D eigenvalue weighted by Crippen LogP contribution is 2.35. The van der Waals surface area contributed by atoms with E-state index in [2.05, 4.69) is 10.4 Å². The predicted octanol–water partition coefficient (Wildman–Crippen LogP) is 1.21. The van der Waals surface area contributed by atoms with Gasteiger partial charge >= 0.3 is 12.0 Å². The highest BCUT2D eigenvalue weighted by atomic mass is 16.4. The summed E-state index contributed by atoms with van der Waals surface area (Å²) in [5.41, 5.74) is 0.274. The number of nitrogens with one attached hydrogen (secondary N) is 1. The van der Waals surface area contributed by atoms with Crippen molar-refractivity contribution in [3.8, 4) is 0 Å². The highest BCUT2D eigenvalue weighted by Gasteiger charge is 2.40. The lowest BCUT2D eigenvalue weighted by atomic mass is 9.76. The van der Waals surface area contributed by atoms with Crippen molar-refractivity contribution in [3.05, 3.63) is 18.0 Å². The fraction of sp³-hybridized carbons (Fsp3) is 0.643. The molecule has 0 radical (unpaired) electrons. The maximum atomic E-state index is 12.1. The normalized spacial score (nSPS) is 17.5. The van der Waals surface area contributed by atoms with Crippen LogP contribution in [0.1, 0.15) is 31.7 Å². The van der Waals surface area contributed by atoms with Crippen LogP contribution in [0.15, 0.2) is 12.4 Å². The first-order valence-electron chi connectivity index (χ1n) is 7.20. The standard InChI is InChI=1S/C14H22N4O3/c1-3-14(12(19)20)4-6-18(7-5-14)13(21)15-8-11-9-16-17(2)10-11/h9-10H,3-8H2,1-2H3,(H,15,21)(H,19,20). The second-order valence-electron chi connectivity index (χ2n) is 5.61. The molecule has 116 valence electrons. The van der Waals surface area contributed by atoms with Gasteiger partial charge in [-0.3, -0.25) is 9.48 Å². The fourth-order valence-electron chi connectivity index (χ4n) is 2.71. The molecule has 1 aliphatic heterocycles. The third kappa shape index (κ3) is 3.34. The molecule has 0 spiro atoms. The lowest BCUT2D eigenvalue weighted by Gasteiger charge is -2.38. The molecule has 0 aliphatic carbocycles. The fourth-order valence-corrected chi connectivity index (χ4v) is 2.71. The third-order valence-corrected chi connectivity index (χ3v) is 4.34. The Labute approximate surface area is 123 Å². The Balaban J connectivity index is 1.84. The van der Waals surface area contributed by atoms with Crippen LogP contribution in [0.2, 0.25) is 0 Å². The Morgan fingerprint density at radius 3 is 2.57 bits per heavy atom. The van der Waals surface area contributed by atoms with Crippen LogP contribution in [0, 0.1) is 5.41 Å². The Morgan fingerprint density at radius 1 is 1.43 bits per heavy atom. The number of aromatic nitrogens is 2. The van der Waals surface area contributed by atoms with E-state index in [0.717, 1.165) is 5.56 Å². The minimum Gasteiger partial charge on any atom is -0.481 e. The number of amides is 2. The van der Waals surface area contributed by atoms with E-state index >= 15 is 0 Å². The maximum absolute atomic E-state index is 12.1. The van der Waals surface area contributed by atoms with E-state index in [1.54, 1.807) is 15.8 Å². The smallest absolute Gasteiger partial charge is 0.317 e. The number of nitrogens with zero attached hydrogens (tertiary/aromatic N) is 3. The quantitative estimate of drug-likeness (QED) is 0.873. The number of urea groups is 1. The maximum Gasteiger partial charge on any atom is 0.317 e. The first-order chi connectivity index (χ1) is 9.97. The zero-order valence-electron chi connectivity index (χ0n) is 12.5. The molecule has 7 heteroatoms. The minimum atomic E-state index is -0.750. The number of rotatable bonds is 4. The van der Waals surface area contributed by atoms with Gasteiger partial charge in [-0.05, 0) is 19.3 Å². The van der Waals surface area contributed by atoms with E-state index in [-0.39, 0.29) is 6.03 Å². The summed E-state index contributed by atoms with van der Waals surface area (Å²) in [7, 11) is 1.83. The van der Waals surface area contributed by atoms with Crippen molar-refractivity contribution in [3.63, 3.8) is 0 Å². The van der Waals surface area contributed by atoms with Crippen molar-refractivity contribution in [2.45, 2.75) is 32.7 Å². The molecule has 21 heavy (non-hydrogen) atoms. The van der Waals surface area contributed by atoms with Crippen LogP contribution < -0.4 is 5.32 Å². The van der Waals surface area contributed by atoms with Gasteiger partial charge < -0.3 is 15.3 Å². The van der Waals surface area contributed by atoms with Crippen LogP contribution in [0.5, 0.6) is 0 Å². The van der Waals surface area contributed by atoms with E-state index in [4.69, 9.17) is 0 Å². The van der Waals surface area contributed by atoms with Crippen LogP contribution in [-0.4, -0.2) is 44.9 Å². The molecule has 1 saturated heterocycles. The van der Waals surface area contributed by atoms with E-state index in [9.17, 15) is 14.7 Å². The molecule has 2 N–H and O–H groups in total. The van der Waals surface area contributed by atoms with Gasteiger partial charge in [-0.25, -0.2) is 4.79 Å². The molecule has 0 bridgehead atoms. The van der Waals surface area contributed by atoms with Gasteiger partial charge in [-0.15, -0.1) is 0 Å². The molecule has 1 fully saturated rings. The number of aliphatic carboxylic acids is 1. The predicted molar refractivity (Wildman–Crippen MR) is 76.6 cm³/mol. The monoisotopic (exact) mass is 294 g/mol. The number of carboxylic acids is 1. The van der Waals surface area contributed by atoms with Crippen LogP contribution in [-0.2, 0) is 18.4 Å². The molecule has 2 rings (SSSR count). The van der Waals surface area contributed by atoms with Gasteiger partial charge in [0.15, 0.2) is 0 Å². The van der Waals surface area contributed by atoms with E-state index in [0.29, 0.717) is 38.9 Å². The second-order valence-corrected chi connectivity index (χ2v) is 5.61. The molecular formula is C14H22N4O3. The van der Waals surface area contributed by atoms with Gasteiger partial charge in [-0.2, -0.15) is 5.10 Å². The highest BCUT2D eigenvalue weighted by molar-refractivity contribution is 5.77. The number of carbonyl (C=O) groups excluding carboxylic acids is 1. The van der Waals surface area contributed by atoms with Gasteiger partial charge in [-0.1, -0.05) is 6.92 Å². The third-order valence-electron chi connectivity index (χ3n) is 4.34. The van der Waals surface area contributed by atoms with Crippen LogP contribution >= 0.6 is 0 Å². The lowest BCUT2D eigenvalue weighted by Crippen LogP contribution is -2.49. The van der Waals surface area contributed by atoms with E-state index in [1.807, 2.05) is 20.2 Å². The Morgan fingerprint density at radius 2 is 2.10 bits per heavy atom. The molecule has 0 aromatic carbocycles. The minimum absolute atomic E-state index is 0.144. The molecule has 2 amide bonds. The van der Waals surface area contributed by atoms with Crippen molar-refractivity contribution in [2.75, 3.05) is 13.1 Å². The van der Waals surface area contributed by atoms with Crippen molar-refractivity contribution in [1.29, 1.82) is 0 Å². The topological polar surface area (TPSA) is 87.5 Å². The van der Waals surface area contributed by atoms with Crippen LogP contribution in [0.25, 0.3) is 0 Å². The first-order valence-corrected chi connectivity index (χ1v) is 7.20. The van der Waals surface area contributed by atoms with Crippen molar-refractivity contribution in [2.24, 2.45) is 12.5 Å². The summed E-state index contributed by atoms with van der Waals surface area (Å²) in [4.78, 5) is 25.1. The number of carbonyl (C=O) groups is 2. The summed E-state index contributed by atoms with van der Waals surface area (Å²) in [5.74, 6) is -0.750. The first kappa shape index (κ1) is 15.3. The van der Waals surface area contributed by atoms with Gasteiger partial charge in [0.25, 0.3) is 0 Å². The second kappa shape index (κ2) is 6.15. The van der Waals surface area contributed by atoms with Crippen molar-refractivity contribution in [1.82, 2.24) is 20.0 Å². The zero-order valence-corrected chi connectivity index (χ0v) is 12.5. The zero-order chi connectivity index (χ0) is 15.5. The van der Waals surface area contributed by atoms with Crippen molar-refractivity contribution < 1.29 is 14.7 Å². The summed E-state index contributed by atoms with van der Waals surface area (Å²) in [6.07, 6.45) is 5.19. The summed E-state index contributed by atoms with van der Waals surface area (Å²) in [6.45, 7) is 3.30. The molecule has 7 nitrogen and oxygen atoms in total. The molecule has 1 aromatic rings. The number of hydrogen-bond donors (Lipinski definition) is 2. The SMILES string of the molecule is CCC1(C(=O)O)CCN(C(=O)NCc2cnn(C)c2)CC1. The molecule has 2 heterocycles. The summed E-state index contributed by atoms with van der Waals surface area (Å²) < 4.78 is 1.69. The van der Waals surface area contributed by atoms with Gasteiger partial charge in [0.05, 0.1) is 11.6 Å². The number of hydrogen-bond acceptors (Lipinski definition) is 3. The number of piperidine rings is 1. The Kier molecular flexibility index (Phi) is 4.50. The van der Waals surface area contributed by atoms with E-state index in [1.165, 1.54) is 0 Å². The van der Waals surface area contributed by atoms with Gasteiger partial charge in [0, 0.05) is 38.4 Å². The van der Waals surface area contributed by atoms with Gasteiger partial charge in [0.2, 0.25) is 0 Å². The number of likely N-dealkylation sites (tertiary alicyclic amines) is 1. The van der Waals surface area contributed by atoms with Gasteiger partial charge in [0.1, 0.15) is 0 Å². The Hall–Kier alpha value is -2.05. The average Bonchev–Trinajstić information content (AvgIpc) is 2.90. The average molecular weight is 294 g/mol. The molecule has 0 atom stereocenters. The summed E-state index contributed by atoms with van der Waals surface area (Å²) in [6, 6.07) is -0.144. The van der Waals surface area contributed by atoms with E-state index < -0.39 is 11.4 Å². The van der Waals surface area contributed by atoms with Crippen LogP contribution in [0.4, 0.5) is 4.79 Å². The molecule has 0 saturated carbocycles. The Bertz CT molecular complexity index is 518. The lowest BCUT2D eigenvalue weighted by molar-refractivity contribution is -0.151. The van der Waals surface area contributed by atoms with Crippen molar-refractivity contribution >= 4 is 12.0 Å². The molecule has 0 unspecified atom stereocenters. The largest absolute Gasteiger partial charge is 0.481 e. The molecule has 1 aromatic heterocycles. The summed E-state index contributed by atoms with van der Waals surface area (Å²) >= 11 is 0. The summed E-state index contributed by atoms with van der Waals surface area (Å²) in [5, 5.41) is 16.2.